The molecule has 11 nitrogen and oxygen atoms in total. The highest BCUT2D eigenvalue weighted by Gasteiger charge is 2.50. The fourth-order valence-electron chi connectivity index (χ4n) is 2.99. The van der Waals surface area contributed by atoms with Crippen molar-refractivity contribution in [1.82, 2.24) is 0 Å². The van der Waals surface area contributed by atoms with Crippen molar-refractivity contribution in [2.45, 2.75) is 74.8 Å². The minimum absolute atomic E-state index is 0.235. The second-order valence-corrected chi connectivity index (χ2v) is 6.37. The largest absolute Gasteiger partial charge is 0.394 e. The zero-order chi connectivity index (χ0) is 19.4. The molecule has 0 aromatic heterocycles. The zero-order valence-electron chi connectivity index (χ0n) is 14.4. The van der Waals surface area contributed by atoms with Crippen molar-refractivity contribution in [3.05, 3.63) is 0 Å². The van der Waals surface area contributed by atoms with E-state index in [4.69, 9.17) is 18.9 Å². The van der Waals surface area contributed by atoms with E-state index < -0.39 is 74.6 Å². The fraction of sp³-hybridized carbons (Fsp3) is 1.00. The van der Waals surface area contributed by atoms with Crippen LogP contribution in [0.15, 0.2) is 0 Å². The van der Waals surface area contributed by atoms with Gasteiger partial charge in [-0.15, -0.1) is 0 Å². The van der Waals surface area contributed by atoms with E-state index in [-0.39, 0.29) is 6.61 Å². The zero-order valence-corrected chi connectivity index (χ0v) is 14.4. The number of aliphatic hydroxyl groups is 7. The molecule has 0 bridgehead atoms. The second-order valence-electron chi connectivity index (χ2n) is 6.37. The normalized spacial score (nSPS) is 47.1. The van der Waals surface area contributed by atoms with Gasteiger partial charge in [-0.25, -0.2) is 0 Å². The van der Waals surface area contributed by atoms with Gasteiger partial charge in [0.2, 0.25) is 0 Å². The number of aliphatic hydroxyl groups excluding tert-OH is 7. The SMILES string of the molecule is CCCO[C@@H]1[C@@H](O)[C@H](O[C@@H]2O[C@H](CO)[C@H](O)[C@H](O)[C@H]2O)[C@@H](CO)O[C@H]1O. The Kier molecular flexibility index (Phi) is 8.12. The Balaban J connectivity index is 2.13. The smallest absolute Gasteiger partial charge is 0.187 e. The van der Waals surface area contributed by atoms with Crippen LogP contribution in [0, 0.1) is 0 Å². The standard InChI is InChI=1S/C15H28O11/c1-2-3-23-13-11(21)12(7(5-17)24-14(13)22)26-15-10(20)9(19)8(18)6(4-16)25-15/h6-22H,2-5H2,1H3/t6-,7-,8+,9+,10-,11+,12-,13-,14-,15+/m1/s1. The van der Waals surface area contributed by atoms with Crippen LogP contribution in [0.2, 0.25) is 0 Å². The summed E-state index contributed by atoms with van der Waals surface area (Å²) in [5, 5.41) is 68.7. The summed E-state index contributed by atoms with van der Waals surface area (Å²) in [6.07, 6.45) is -13.5. The van der Waals surface area contributed by atoms with Gasteiger partial charge in [0.15, 0.2) is 12.6 Å². The summed E-state index contributed by atoms with van der Waals surface area (Å²) in [6.45, 7) is 0.815. The van der Waals surface area contributed by atoms with E-state index in [1.807, 2.05) is 6.92 Å². The number of hydrogen-bond donors (Lipinski definition) is 7. The van der Waals surface area contributed by atoms with Crippen molar-refractivity contribution in [3.8, 4) is 0 Å². The van der Waals surface area contributed by atoms with E-state index in [2.05, 4.69) is 0 Å². The van der Waals surface area contributed by atoms with Gasteiger partial charge >= 0.3 is 0 Å². The summed E-state index contributed by atoms with van der Waals surface area (Å²) in [5.74, 6) is 0. The lowest BCUT2D eigenvalue weighted by atomic mass is 9.97. The quantitative estimate of drug-likeness (QED) is 0.228. The van der Waals surface area contributed by atoms with Crippen LogP contribution in [-0.2, 0) is 18.9 Å². The molecule has 0 unspecified atom stereocenters. The van der Waals surface area contributed by atoms with Crippen molar-refractivity contribution >= 4 is 0 Å². The molecule has 2 aliphatic rings. The number of rotatable bonds is 7. The second kappa shape index (κ2) is 9.66. The first-order chi connectivity index (χ1) is 12.3. The number of ether oxygens (including phenoxy) is 4. The Bertz CT molecular complexity index is 422. The minimum atomic E-state index is -1.68. The fourth-order valence-corrected chi connectivity index (χ4v) is 2.99. The molecular formula is C15H28O11. The molecule has 2 fully saturated rings. The van der Waals surface area contributed by atoms with E-state index in [0.717, 1.165) is 0 Å². The monoisotopic (exact) mass is 384 g/mol. The highest BCUT2D eigenvalue weighted by Crippen LogP contribution is 2.29. The highest BCUT2D eigenvalue weighted by molar-refractivity contribution is 4.94. The molecule has 0 amide bonds. The molecule has 0 aliphatic carbocycles. The molecule has 2 aliphatic heterocycles. The van der Waals surface area contributed by atoms with Crippen LogP contribution >= 0.6 is 0 Å². The van der Waals surface area contributed by atoms with E-state index in [1.54, 1.807) is 0 Å². The third-order valence-electron chi connectivity index (χ3n) is 4.47. The maximum Gasteiger partial charge on any atom is 0.187 e. The van der Waals surface area contributed by atoms with Gasteiger partial charge in [-0.3, -0.25) is 0 Å². The first-order valence-electron chi connectivity index (χ1n) is 8.55. The predicted octanol–water partition coefficient (Wildman–Crippen LogP) is -3.96. The topological polar surface area (TPSA) is 179 Å². The average Bonchev–Trinajstić information content (AvgIpc) is 2.63. The Labute approximate surface area is 150 Å². The van der Waals surface area contributed by atoms with Crippen molar-refractivity contribution < 1.29 is 54.7 Å². The van der Waals surface area contributed by atoms with Crippen LogP contribution < -0.4 is 0 Å². The van der Waals surface area contributed by atoms with E-state index in [1.165, 1.54) is 0 Å². The highest BCUT2D eigenvalue weighted by atomic mass is 16.7. The van der Waals surface area contributed by atoms with E-state index in [0.29, 0.717) is 6.42 Å². The van der Waals surface area contributed by atoms with Gasteiger partial charge in [0.05, 0.1) is 13.2 Å². The first kappa shape index (κ1) is 21.9. The van der Waals surface area contributed by atoms with Crippen molar-refractivity contribution in [2.75, 3.05) is 19.8 Å². The summed E-state index contributed by atoms with van der Waals surface area (Å²) in [7, 11) is 0. The average molecular weight is 384 g/mol. The Morgan fingerprint density at radius 3 is 2.00 bits per heavy atom. The third-order valence-corrected chi connectivity index (χ3v) is 4.47. The Hall–Kier alpha value is -0.440. The van der Waals surface area contributed by atoms with Crippen molar-refractivity contribution in [1.29, 1.82) is 0 Å². The van der Waals surface area contributed by atoms with Gasteiger partial charge in [-0.2, -0.15) is 0 Å². The van der Waals surface area contributed by atoms with Gasteiger partial charge in [-0.05, 0) is 6.42 Å². The summed E-state index contributed by atoms with van der Waals surface area (Å²) in [5.41, 5.74) is 0. The van der Waals surface area contributed by atoms with E-state index in [9.17, 15) is 35.7 Å². The lowest BCUT2D eigenvalue weighted by molar-refractivity contribution is -0.358. The Morgan fingerprint density at radius 1 is 0.769 bits per heavy atom. The molecule has 0 spiro atoms. The van der Waals surface area contributed by atoms with Gasteiger partial charge in [0.25, 0.3) is 0 Å². The molecule has 7 N–H and O–H groups in total. The van der Waals surface area contributed by atoms with Crippen molar-refractivity contribution in [3.63, 3.8) is 0 Å². The summed E-state index contributed by atoms with van der Waals surface area (Å²) >= 11 is 0. The molecule has 0 aromatic carbocycles. The van der Waals surface area contributed by atoms with Crippen LogP contribution in [0.25, 0.3) is 0 Å². The molecule has 2 rings (SSSR count). The number of hydrogen-bond acceptors (Lipinski definition) is 11. The summed E-state index contributed by atoms with van der Waals surface area (Å²) < 4.78 is 21.3. The molecule has 26 heavy (non-hydrogen) atoms. The lowest BCUT2D eigenvalue weighted by Gasteiger charge is -2.46. The van der Waals surface area contributed by atoms with Gasteiger partial charge < -0.3 is 54.7 Å². The van der Waals surface area contributed by atoms with Crippen LogP contribution in [0.1, 0.15) is 13.3 Å². The molecule has 2 heterocycles. The molecular weight excluding hydrogens is 356 g/mol. The van der Waals surface area contributed by atoms with Gasteiger partial charge in [0.1, 0.15) is 48.8 Å². The lowest BCUT2D eigenvalue weighted by Crippen LogP contribution is -2.64. The first-order valence-corrected chi connectivity index (χ1v) is 8.55. The maximum absolute atomic E-state index is 10.5. The summed E-state index contributed by atoms with van der Waals surface area (Å²) in [6, 6.07) is 0. The van der Waals surface area contributed by atoms with Crippen LogP contribution in [0.3, 0.4) is 0 Å². The predicted molar refractivity (Wildman–Crippen MR) is 82.6 cm³/mol. The molecule has 11 heteroatoms. The molecule has 0 aromatic rings. The molecule has 0 radical (unpaired) electrons. The molecule has 2 saturated heterocycles. The van der Waals surface area contributed by atoms with E-state index >= 15 is 0 Å². The van der Waals surface area contributed by atoms with Gasteiger partial charge in [-0.1, -0.05) is 6.92 Å². The Morgan fingerprint density at radius 2 is 1.42 bits per heavy atom. The summed E-state index contributed by atoms with van der Waals surface area (Å²) in [4.78, 5) is 0. The van der Waals surface area contributed by atoms with Crippen LogP contribution in [0.5, 0.6) is 0 Å². The third kappa shape index (κ3) is 4.51. The molecule has 10 atom stereocenters. The molecule has 154 valence electrons. The maximum atomic E-state index is 10.5. The molecule has 0 saturated carbocycles. The van der Waals surface area contributed by atoms with Crippen molar-refractivity contribution in [2.24, 2.45) is 0 Å². The minimum Gasteiger partial charge on any atom is -0.394 e. The van der Waals surface area contributed by atoms with Gasteiger partial charge in [0, 0.05) is 6.61 Å². The van der Waals surface area contributed by atoms with Crippen LogP contribution in [0.4, 0.5) is 0 Å². The van der Waals surface area contributed by atoms with Crippen LogP contribution in [-0.4, -0.2) is 117 Å².